The van der Waals surface area contributed by atoms with Gasteiger partial charge in [0, 0.05) is 17.1 Å². The Kier molecular flexibility index (Phi) is 4.36. The Bertz CT molecular complexity index is 641. The summed E-state index contributed by atoms with van der Waals surface area (Å²) in [5, 5.41) is 1.52. The van der Waals surface area contributed by atoms with Gasteiger partial charge in [0.2, 0.25) is 0 Å². The largest absolute Gasteiger partial charge is 0.314 e. The van der Waals surface area contributed by atoms with Crippen molar-refractivity contribution in [2.45, 2.75) is 19.4 Å². The maximum absolute atomic E-state index is 2.38. The number of anilines is 2. The van der Waals surface area contributed by atoms with Gasteiger partial charge in [0.25, 0.3) is 0 Å². The van der Waals surface area contributed by atoms with E-state index < -0.39 is 0 Å². The van der Waals surface area contributed by atoms with Crippen LogP contribution in [-0.4, -0.2) is 9.52 Å². The molecule has 1 aliphatic carbocycles. The van der Waals surface area contributed by atoms with Crippen LogP contribution in [-0.2, 0) is 0 Å². The predicted molar refractivity (Wildman–Crippen MR) is 95.5 cm³/mol. The van der Waals surface area contributed by atoms with Gasteiger partial charge in [-0.2, -0.15) is 0 Å². The summed E-state index contributed by atoms with van der Waals surface area (Å²) in [5.41, 5.74) is 3.86. The Morgan fingerprint density at radius 2 is 1.62 bits per heavy atom. The van der Waals surface area contributed by atoms with Crippen molar-refractivity contribution in [2.75, 3.05) is 4.90 Å². The van der Waals surface area contributed by atoms with Crippen molar-refractivity contribution in [2.24, 2.45) is 0 Å². The van der Waals surface area contributed by atoms with E-state index in [-0.39, 0.29) is 9.52 Å². The number of nitrogens with zero attached hydrogens (tertiary/aromatic N) is 1. The number of benzene rings is 2. The standard InChI is InChI=1S/C19H21NSi/c1-21-19-14-12-18(13-15-19)20(16-8-4-2-5-9-16)17-10-6-3-7-11-17/h2-6,8-10,12-15H,7,11,21H2,1H3. The van der Waals surface area contributed by atoms with Crippen LogP contribution in [0.25, 0.3) is 0 Å². The minimum Gasteiger partial charge on any atom is -0.314 e. The number of hydrogen-bond donors (Lipinski definition) is 0. The van der Waals surface area contributed by atoms with E-state index in [2.05, 4.69) is 84.3 Å². The Morgan fingerprint density at radius 1 is 0.905 bits per heavy atom. The molecule has 0 aromatic heterocycles. The normalized spacial score (nSPS) is 14.4. The zero-order valence-electron chi connectivity index (χ0n) is 12.5. The molecule has 0 spiro atoms. The van der Waals surface area contributed by atoms with E-state index in [9.17, 15) is 0 Å². The van der Waals surface area contributed by atoms with E-state index in [0.29, 0.717) is 0 Å². The molecule has 0 saturated carbocycles. The molecule has 1 aliphatic rings. The fraction of sp³-hybridized carbons (Fsp3) is 0.158. The van der Waals surface area contributed by atoms with Gasteiger partial charge in [0.15, 0.2) is 0 Å². The zero-order valence-corrected chi connectivity index (χ0v) is 13.9. The van der Waals surface area contributed by atoms with Crippen molar-refractivity contribution in [3.63, 3.8) is 0 Å². The van der Waals surface area contributed by atoms with Gasteiger partial charge in [0.1, 0.15) is 0 Å². The van der Waals surface area contributed by atoms with E-state index in [0.717, 1.165) is 12.8 Å². The molecule has 0 fully saturated rings. The number of hydrogen-bond acceptors (Lipinski definition) is 1. The van der Waals surface area contributed by atoms with E-state index in [1.165, 1.54) is 22.3 Å². The zero-order chi connectivity index (χ0) is 14.5. The molecule has 106 valence electrons. The monoisotopic (exact) mass is 291 g/mol. The molecule has 0 heterocycles. The highest BCUT2D eigenvalue weighted by Crippen LogP contribution is 2.32. The van der Waals surface area contributed by atoms with Gasteiger partial charge in [-0.25, -0.2) is 0 Å². The van der Waals surface area contributed by atoms with Crippen LogP contribution in [0.2, 0.25) is 6.55 Å². The van der Waals surface area contributed by atoms with Gasteiger partial charge in [-0.3, -0.25) is 0 Å². The van der Waals surface area contributed by atoms with Gasteiger partial charge in [0.05, 0.1) is 9.52 Å². The fourth-order valence-electron chi connectivity index (χ4n) is 2.71. The molecule has 0 radical (unpaired) electrons. The van der Waals surface area contributed by atoms with Crippen molar-refractivity contribution in [1.82, 2.24) is 0 Å². The summed E-state index contributed by atoms with van der Waals surface area (Å²) in [6, 6.07) is 19.7. The highest BCUT2D eigenvalue weighted by molar-refractivity contribution is 6.51. The molecule has 21 heavy (non-hydrogen) atoms. The Balaban J connectivity index is 2.02. The molecule has 0 N–H and O–H groups in total. The summed E-state index contributed by atoms with van der Waals surface area (Å²) >= 11 is 0. The molecular formula is C19H21NSi. The highest BCUT2D eigenvalue weighted by Gasteiger charge is 2.14. The van der Waals surface area contributed by atoms with Crippen molar-refractivity contribution < 1.29 is 0 Å². The second-order valence-electron chi connectivity index (χ2n) is 5.32. The molecule has 0 amide bonds. The average molecular weight is 291 g/mol. The van der Waals surface area contributed by atoms with Crippen LogP contribution in [0.3, 0.4) is 0 Å². The van der Waals surface area contributed by atoms with Crippen LogP contribution >= 0.6 is 0 Å². The molecule has 0 saturated heterocycles. The highest BCUT2D eigenvalue weighted by atomic mass is 28.2. The molecule has 0 atom stereocenters. The number of allylic oxidation sites excluding steroid dienone is 4. The Morgan fingerprint density at radius 3 is 2.24 bits per heavy atom. The topological polar surface area (TPSA) is 3.24 Å². The summed E-state index contributed by atoms with van der Waals surface area (Å²) in [6.45, 7) is 2.33. The van der Waals surface area contributed by atoms with Gasteiger partial charge in [-0.15, -0.1) is 0 Å². The second kappa shape index (κ2) is 6.59. The minimum atomic E-state index is -0.0794. The van der Waals surface area contributed by atoms with Gasteiger partial charge >= 0.3 is 0 Å². The van der Waals surface area contributed by atoms with Crippen LogP contribution < -0.4 is 10.1 Å². The first-order valence-electron chi connectivity index (χ1n) is 7.68. The fourth-order valence-corrected chi connectivity index (χ4v) is 3.42. The maximum Gasteiger partial charge on any atom is 0.0517 e. The van der Waals surface area contributed by atoms with Gasteiger partial charge in [-0.05, 0) is 43.2 Å². The van der Waals surface area contributed by atoms with E-state index in [1.807, 2.05) is 0 Å². The second-order valence-corrected chi connectivity index (χ2v) is 6.84. The molecule has 2 heteroatoms. The third kappa shape index (κ3) is 3.17. The lowest BCUT2D eigenvalue weighted by Gasteiger charge is -2.29. The van der Waals surface area contributed by atoms with Gasteiger partial charge in [-0.1, -0.05) is 54.2 Å². The summed E-state index contributed by atoms with van der Waals surface area (Å²) < 4.78 is 0. The molecular weight excluding hydrogens is 270 g/mol. The first kappa shape index (κ1) is 13.9. The minimum absolute atomic E-state index is 0.0794. The molecule has 0 bridgehead atoms. The van der Waals surface area contributed by atoms with Crippen molar-refractivity contribution in [3.8, 4) is 0 Å². The molecule has 2 aromatic rings. The predicted octanol–water partition coefficient (Wildman–Crippen LogP) is 3.90. The molecule has 2 aromatic carbocycles. The van der Waals surface area contributed by atoms with Gasteiger partial charge < -0.3 is 4.90 Å². The first-order valence-corrected chi connectivity index (χ1v) is 9.80. The Labute approximate surface area is 129 Å². The molecule has 0 aliphatic heterocycles. The average Bonchev–Trinajstić information content (AvgIpc) is 2.58. The van der Waals surface area contributed by atoms with E-state index in [1.54, 1.807) is 0 Å². The van der Waals surface area contributed by atoms with E-state index >= 15 is 0 Å². The molecule has 1 nitrogen and oxygen atoms in total. The summed E-state index contributed by atoms with van der Waals surface area (Å²) in [4.78, 5) is 2.38. The SMILES string of the molecule is C[SiH2]c1ccc(N(C2=CC=CCC2)c2ccccc2)cc1. The lowest BCUT2D eigenvalue weighted by molar-refractivity contribution is 0.918. The van der Waals surface area contributed by atoms with Crippen LogP contribution in [0.1, 0.15) is 12.8 Å². The van der Waals surface area contributed by atoms with Crippen LogP contribution in [0, 0.1) is 0 Å². The van der Waals surface area contributed by atoms with Crippen molar-refractivity contribution >= 4 is 26.1 Å². The number of rotatable bonds is 4. The van der Waals surface area contributed by atoms with Crippen molar-refractivity contribution in [1.29, 1.82) is 0 Å². The summed E-state index contributed by atoms with van der Waals surface area (Å²) in [7, 11) is -0.0794. The summed E-state index contributed by atoms with van der Waals surface area (Å²) in [5.74, 6) is 0. The van der Waals surface area contributed by atoms with Crippen molar-refractivity contribution in [3.05, 3.63) is 78.5 Å². The quantitative estimate of drug-likeness (QED) is 0.772. The smallest absolute Gasteiger partial charge is 0.0517 e. The lowest BCUT2D eigenvalue weighted by atomic mass is 10.1. The summed E-state index contributed by atoms with van der Waals surface area (Å²) in [6.07, 6.45) is 8.85. The first-order chi connectivity index (χ1) is 10.4. The lowest BCUT2D eigenvalue weighted by Crippen LogP contribution is -2.18. The van der Waals surface area contributed by atoms with Crippen LogP contribution in [0.5, 0.6) is 0 Å². The third-order valence-electron chi connectivity index (χ3n) is 3.90. The van der Waals surface area contributed by atoms with Crippen LogP contribution in [0.4, 0.5) is 11.4 Å². The third-order valence-corrected chi connectivity index (χ3v) is 5.18. The van der Waals surface area contributed by atoms with Crippen LogP contribution in [0.15, 0.2) is 78.5 Å². The molecule has 0 unspecified atom stereocenters. The molecule has 3 rings (SSSR count). The maximum atomic E-state index is 2.38. The number of para-hydroxylation sites is 1. The van der Waals surface area contributed by atoms with E-state index in [4.69, 9.17) is 0 Å². The Hall–Kier alpha value is -2.06.